The molecule has 1 aromatic rings. The third kappa shape index (κ3) is 1.47. The fraction of sp³-hybridized carbons (Fsp3) is 0.125. The lowest BCUT2D eigenvalue weighted by molar-refractivity contribution is -0.738. The molecule has 1 heterocycles. The molecule has 0 aliphatic carbocycles. The number of benzene rings is 1. The number of anilines is 1. The molecule has 1 aliphatic heterocycles. The Kier molecular flexibility index (Phi) is 2.40. The number of quaternary nitrogens is 1. The van der Waals surface area contributed by atoms with Crippen molar-refractivity contribution in [3.8, 4) is 0 Å². The molecule has 6 heteroatoms. The third-order valence-electron chi connectivity index (χ3n) is 2.07. The third-order valence-corrected chi connectivity index (χ3v) is 2.93. The van der Waals surface area contributed by atoms with Crippen LogP contribution in [-0.2, 0) is 0 Å². The molecule has 74 valence electrons. The minimum absolute atomic E-state index is 0.175. The topological polar surface area (TPSA) is 61.0 Å². The van der Waals surface area contributed by atoms with E-state index in [0.717, 1.165) is 15.7 Å². The fourth-order valence-corrected chi connectivity index (χ4v) is 1.65. The molecule has 5 nitrogen and oxygen atoms in total. The van der Waals surface area contributed by atoms with Gasteiger partial charge in [0, 0.05) is 4.47 Å². The molecule has 0 spiro atoms. The van der Waals surface area contributed by atoms with Crippen molar-refractivity contribution in [2.75, 3.05) is 5.01 Å². The SMILES string of the molecule is Cc1c(Br)cccc1N1N[NH2+]NC1=O. The number of nitrogens with two attached hydrogens (primary N) is 1. The van der Waals surface area contributed by atoms with Gasteiger partial charge in [0.25, 0.3) is 0 Å². The van der Waals surface area contributed by atoms with Gasteiger partial charge in [-0.3, -0.25) is 0 Å². The summed E-state index contributed by atoms with van der Waals surface area (Å²) in [5.74, 6) is 0. The van der Waals surface area contributed by atoms with E-state index in [9.17, 15) is 4.79 Å². The van der Waals surface area contributed by atoms with Crippen molar-refractivity contribution in [3.05, 3.63) is 28.2 Å². The number of nitrogens with one attached hydrogen (secondary N) is 2. The first-order chi connectivity index (χ1) is 6.70. The number of carbonyl (C=O) groups is 1. The average Bonchev–Trinajstić information content (AvgIpc) is 2.57. The first-order valence-corrected chi connectivity index (χ1v) is 4.93. The van der Waals surface area contributed by atoms with Gasteiger partial charge >= 0.3 is 6.03 Å². The maximum atomic E-state index is 11.3. The van der Waals surface area contributed by atoms with E-state index in [0.29, 0.717) is 0 Å². The zero-order valence-corrected chi connectivity index (χ0v) is 9.13. The number of urea groups is 1. The normalized spacial score (nSPS) is 15.9. The van der Waals surface area contributed by atoms with E-state index in [2.05, 4.69) is 26.9 Å². The molecule has 2 rings (SSSR count). The Hall–Kier alpha value is -1.11. The highest BCUT2D eigenvalue weighted by atomic mass is 79.9. The van der Waals surface area contributed by atoms with E-state index in [1.807, 2.05) is 25.1 Å². The van der Waals surface area contributed by atoms with E-state index in [4.69, 9.17) is 0 Å². The lowest BCUT2D eigenvalue weighted by Crippen LogP contribution is -2.97. The predicted molar refractivity (Wildman–Crippen MR) is 55.0 cm³/mol. The zero-order chi connectivity index (χ0) is 10.1. The molecule has 0 radical (unpaired) electrons. The highest BCUT2D eigenvalue weighted by Crippen LogP contribution is 2.25. The van der Waals surface area contributed by atoms with Crippen molar-refractivity contribution in [1.29, 1.82) is 0 Å². The molecular formula is C8H10BrN4O+. The number of amides is 2. The molecule has 0 unspecified atom stereocenters. The van der Waals surface area contributed by atoms with Crippen LogP contribution in [0.5, 0.6) is 0 Å². The molecule has 2 amide bonds. The first kappa shape index (κ1) is 9.45. The van der Waals surface area contributed by atoms with Crippen LogP contribution in [0.1, 0.15) is 5.56 Å². The number of carbonyl (C=O) groups excluding carboxylic acids is 1. The smallest absolute Gasteiger partial charge is 0.241 e. The van der Waals surface area contributed by atoms with Crippen LogP contribution in [0.2, 0.25) is 0 Å². The predicted octanol–water partition coefficient (Wildman–Crippen LogP) is 0.185. The van der Waals surface area contributed by atoms with Crippen LogP contribution >= 0.6 is 15.9 Å². The van der Waals surface area contributed by atoms with E-state index < -0.39 is 0 Å². The summed E-state index contributed by atoms with van der Waals surface area (Å²) in [4.78, 5) is 11.3. The number of hydrazine groups is 1. The van der Waals surface area contributed by atoms with Crippen molar-refractivity contribution in [3.63, 3.8) is 0 Å². The summed E-state index contributed by atoms with van der Waals surface area (Å²) in [6.07, 6.45) is 0. The molecule has 1 aromatic carbocycles. The second kappa shape index (κ2) is 3.56. The van der Waals surface area contributed by atoms with E-state index in [-0.39, 0.29) is 6.03 Å². The molecule has 0 saturated carbocycles. The highest BCUT2D eigenvalue weighted by molar-refractivity contribution is 9.10. The van der Waals surface area contributed by atoms with Gasteiger partial charge in [-0.15, -0.1) is 5.53 Å². The Balaban J connectivity index is 2.41. The minimum atomic E-state index is -0.175. The van der Waals surface area contributed by atoms with E-state index >= 15 is 0 Å². The van der Waals surface area contributed by atoms with Crippen molar-refractivity contribution >= 4 is 27.6 Å². The molecule has 1 aliphatic rings. The summed E-state index contributed by atoms with van der Waals surface area (Å²) in [5.41, 5.74) is 8.73. The Morgan fingerprint density at radius 1 is 1.50 bits per heavy atom. The van der Waals surface area contributed by atoms with E-state index in [1.54, 1.807) is 0 Å². The molecule has 1 fully saturated rings. The van der Waals surface area contributed by atoms with Gasteiger partial charge in [-0.25, -0.2) is 4.79 Å². The second-order valence-electron chi connectivity index (χ2n) is 2.94. The Morgan fingerprint density at radius 2 is 2.29 bits per heavy atom. The number of rotatable bonds is 1. The van der Waals surface area contributed by atoms with Crippen molar-refractivity contribution < 1.29 is 10.3 Å². The number of hydrogen-bond acceptors (Lipinski definition) is 2. The Morgan fingerprint density at radius 3 is 2.93 bits per heavy atom. The first-order valence-electron chi connectivity index (χ1n) is 4.14. The minimum Gasteiger partial charge on any atom is -0.241 e. The van der Waals surface area contributed by atoms with Crippen LogP contribution in [0.15, 0.2) is 22.7 Å². The van der Waals surface area contributed by atoms with Crippen LogP contribution in [-0.4, -0.2) is 6.03 Å². The summed E-state index contributed by atoms with van der Waals surface area (Å²) in [6.45, 7) is 1.95. The molecular weight excluding hydrogens is 248 g/mol. The van der Waals surface area contributed by atoms with Crippen LogP contribution in [0, 0.1) is 6.92 Å². The molecule has 4 N–H and O–H groups in total. The Bertz CT molecular complexity index is 382. The standard InChI is InChI=1S/C8H9BrN4O/c1-5-6(9)3-2-4-7(5)13-8(14)10-11-12-13/h2-4,11-12H,1H3,(H,10,14)/p+1. The number of hydrogen-bond donors (Lipinski definition) is 3. The molecule has 1 saturated heterocycles. The van der Waals surface area contributed by atoms with Crippen molar-refractivity contribution in [1.82, 2.24) is 11.0 Å². The maximum absolute atomic E-state index is 11.3. The largest absolute Gasteiger partial charge is 0.386 e. The van der Waals surface area contributed by atoms with Crippen LogP contribution < -0.4 is 21.5 Å². The summed E-state index contributed by atoms with van der Waals surface area (Å²) in [7, 11) is 0. The average molecular weight is 258 g/mol. The molecule has 0 bridgehead atoms. The van der Waals surface area contributed by atoms with Gasteiger partial charge in [-0.05, 0) is 30.2 Å². The van der Waals surface area contributed by atoms with Crippen molar-refractivity contribution in [2.45, 2.75) is 6.92 Å². The van der Waals surface area contributed by atoms with Gasteiger partial charge in [0.2, 0.25) is 0 Å². The highest BCUT2D eigenvalue weighted by Gasteiger charge is 2.25. The van der Waals surface area contributed by atoms with Crippen LogP contribution in [0.3, 0.4) is 0 Å². The van der Waals surface area contributed by atoms with Gasteiger partial charge < -0.3 is 0 Å². The Labute approximate surface area is 89.5 Å². The quantitative estimate of drug-likeness (QED) is 0.497. The maximum Gasteiger partial charge on any atom is 0.386 e. The van der Waals surface area contributed by atoms with Gasteiger partial charge in [0.1, 0.15) is 0 Å². The second-order valence-corrected chi connectivity index (χ2v) is 3.80. The summed E-state index contributed by atoms with van der Waals surface area (Å²) in [6, 6.07) is 5.54. The van der Waals surface area contributed by atoms with Crippen LogP contribution in [0.4, 0.5) is 10.5 Å². The van der Waals surface area contributed by atoms with E-state index in [1.165, 1.54) is 10.5 Å². The van der Waals surface area contributed by atoms with Gasteiger partial charge in [-0.1, -0.05) is 22.0 Å². The molecule has 0 atom stereocenters. The molecule has 0 aromatic heterocycles. The summed E-state index contributed by atoms with van der Waals surface area (Å²) >= 11 is 3.42. The van der Waals surface area contributed by atoms with Crippen LogP contribution in [0.25, 0.3) is 0 Å². The number of halogens is 1. The summed E-state index contributed by atoms with van der Waals surface area (Å²) < 4.78 is 0.983. The zero-order valence-electron chi connectivity index (χ0n) is 7.54. The van der Waals surface area contributed by atoms with Gasteiger partial charge in [0.05, 0.1) is 5.69 Å². The monoisotopic (exact) mass is 257 g/mol. The van der Waals surface area contributed by atoms with Gasteiger partial charge in [-0.2, -0.15) is 10.4 Å². The van der Waals surface area contributed by atoms with Gasteiger partial charge in [0.15, 0.2) is 0 Å². The molecule has 14 heavy (non-hydrogen) atoms. The lowest BCUT2D eigenvalue weighted by atomic mass is 10.2. The lowest BCUT2D eigenvalue weighted by Gasteiger charge is -2.13. The summed E-state index contributed by atoms with van der Waals surface area (Å²) in [5, 5.41) is 1.46. The van der Waals surface area contributed by atoms with Crippen molar-refractivity contribution in [2.24, 2.45) is 0 Å². The number of nitrogens with zero attached hydrogens (tertiary/aromatic N) is 1. The fourth-order valence-electron chi connectivity index (χ4n) is 1.30.